The topological polar surface area (TPSA) is 12.5 Å². The van der Waals surface area contributed by atoms with E-state index in [1.54, 1.807) is 0 Å². The van der Waals surface area contributed by atoms with Gasteiger partial charge < -0.3 is 4.74 Å². The highest BCUT2D eigenvalue weighted by molar-refractivity contribution is 5.21. The van der Waals surface area contributed by atoms with Crippen LogP contribution < -0.4 is 0 Å². The highest BCUT2D eigenvalue weighted by Gasteiger charge is 2.56. The van der Waals surface area contributed by atoms with Crippen LogP contribution in [0, 0.1) is 5.92 Å². The average Bonchev–Trinajstić information content (AvgIpc) is 3.50. The first kappa shape index (κ1) is 19.9. The van der Waals surface area contributed by atoms with Crippen LogP contribution in [0.15, 0.2) is 91.0 Å². The number of hydrogen-bond acceptors (Lipinski definition) is 2. The molecule has 29 heavy (non-hydrogen) atoms. The minimum absolute atomic E-state index is 0.134. The lowest BCUT2D eigenvalue weighted by Gasteiger charge is -2.33. The predicted octanol–water partition coefficient (Wildman–Crippen LogP) is 6.07. The Kier molecular flexibility index (Phi) is 6.43. The first-order chi connectivity index (χ1) is 14.3. The summed E-state index contributed by atoms with van der Waals surface area (Å²) in [5, 5.41) is 0. The van der Waals surface area contributed by atoms with Crippen LogP contribution in [0.3, 0.4) is 0 Å². The molecule has 3 aromatic rings. The monoisotopic (exact) mass is 385 g/mol. The molecule has 0 amide bonds. The number of benzene rings is 3. The van der Waals surface area contributed by atoms with Crippen LogP contribution >= 0.6 is 0 Å². The summed E-state index contributed by atoms with van der Waals surface area (Å²) < 4.78 is 6.29. The van der Waals surface area contributed by atoms with Gasteiger partial charge in [-0.3, -0.25) is 4.90 Å². The number of hydrogen-bond donors (Lipinski definition) is 0. The second-order valence-electron chi connectivity index (χ2n) is 8.22. The molecule has 2 atom stereocenters. The van der Waals surface area contributed by atoms with Gasteiger partial charge in [-0.1, -0.05) is 104 Å². The summed E-state index contributed by atoms with van der Waals surface area (Å²) in [7, 11) is 0. The van der Waals surface area contributed by atoms with Crippen LogP contribution in [-0.2, 0) is 24.4 Å². The fraction of sp³-hybridized carbons (Fsp3) is 0.333. The van der Waals surface area contributed by atoms with E-state index < -0.39 is 0 Å². The maximum atomic E-state index is 6.29. The van der Waals surface area contributed by atoms with Crippen molar-refractivity contribution in [2.75, 3.05) is 6.61 Å². The van der Waals surface area contributed by atoms with Crippen molar-refractivity contribution in [1.82, 2.24) is 4.90 Å². The fourth-order valence-electron chi connectivity index (χ4n) is 4.45. The molecule has 150 valence electrons. The van der Waals surface area contributed by atoms with E-state index >= 15 is 0 Å². The Balaban J connectivity index is 1.52. The Morgan fingerprint density at radius 2 is 1.24 bits per heavy atom. The molecular formula is C27H31NO. The summed E-state index contributed by atoms with van der Waals surface area (Å²) in [5.74, 6) is 0.700. The van der Waals surface area contributed by atoms with Crippen LogP contribution in [0.25, 0.3) is 0 Å². The van der Waals surface area contributed by atoms with Crippen molar-refractivity contribution in [3.8, 4) is 0 Å². The number of ether oxygens (including phenoxy) is 1. The zero-order valence-corrected chi connectivity index (χ0v) is 17.3. The van der Waals surface area contributed by atoms with Gasteiger partial charge in [-0.2, -0.15) is 0 Å². The zero-order chi connectivity index (χ0) is 19.9. The van der Waals surface area contributed by atoms with Gasteiger partial charge in [-0.05, 0) is 29.0 Å². The zero-order valence-electron chi connectivity index (χ0n) is 17.3. The van der Waals surface area contributed by atoms with E-state index in [0.29, 0.717) is 12.5 Å². The second kappa shape index (κ2) is 9.39. The van der Waals surface area contributed by atoms with Crippen LogP contribution in [0.1, 0.15) is 36.5 Å². The van der Waals surface area contributed by atoms with Crippen molar-refractivity contribution >= 4 is 0 Å². The summed E-state index contributed by atoms with van der Waals surface area (Å²) in [6.07, 6.45) is 2.42. The number of nitrogens with zero attached hydrogens (tertiary/aromatic N) is 1. The third-order valence-corrected chi connectivity index (χ3v) is 6.22. The Labute approximate surface area is 175 Å². The SMILES string of the molecule is CCC1CC1(COCc1ccccc1)N(Cc1ccccc1)Cc1ccccc1. The van der Waals surface area contributed by atoms with Gasteiger partial charge >= 0.3 is 0 Å². The molecule has 1 aliphatic rings. The minimum atomic E-state index is 0.134. The van der Waals surface area contributed by atoms with Gasteiger partial charge in [0.25, 0.3) is 0 Å². The largest absolute Gasteiger partial charge is 0.375 e. The Morgan fingerprint density at radius 1 is 0.759 bits per heavy atom. The van der Waals surface area contributed by atoms with E-state index in [1.807, 2.05) is 0 Å². The lowest BCUT2D eigenvalue weighted by molar-refractivity contribution is 0.0213. The summed E-state index contributed by atoms with van der Waals surface area (Å²) in [6.45, 7) is 5.71. The average molecular weight is 386 g/mol. The molecule has 3 aromatic carbocycles. The molecule has 0 heterocycles. The van der Waals surface area contributed by atoms with E-state index in [4.69, 9.17) is 4.74 Å². The Bertz CT molecular complexity index is 823. The predicted molar refractivity (Wildman–Crippen MR) is 119 cm³/mol. The molecular weight excluding hydrogens is 354 g/mol. The fourth-order valence-corrected chi connectivity index (χ4v) is 4.45. The molecule has 1 aliphatic carbocycles. The van der Waals surface area contributed by atoms with E-state index in [-0.39, 0.29) is 5.54 Å². The molecule has 1 fully saturated rings. The van der Waals surface area contributed by atoms with Gasteiger partial charge in [0, 0.05) is 18.6 Å². The first-order valence-corrected chi connectivity index (χ1v) is 10.7. The van der Waals surface area contributed by atoms with Crippen molar-refractivity contribution in [1.29, 1.82) is 0 Å². The maximum Gasteiger partial charge on any atom is 0.0717 e. The molecule has 2 unspecified atom stereocenters. The Morgan fingerprint density at radius 3 is 1.69 bits per heavy atom. The van der Waals surface area contributed by atoms with Gasteiger partial charge in [0.2, 0.25) is 0 Å². The second-order valence-corrected chi connectivity index (χ2v) is 8.22. The van der Waals surface area contributed by atoms with Crippen LogP contribution in [0.2, 0.25) is 0 Å². The van der Waals surface area contributed by atoms with Crippen LogP contribution in [0.4, 0.5) is 0 Å². The van der Waals surface area contributed by atoms with Crippen molar-refractivity contribution in [2.24, 2.45) is 5.92 Å². The van der Waals surface area contributed by atoms with Gasteiger partial charge in [0.15, 0.2) is 0 Å². The van der Waals surface area contributed by atoms with E-state index in [0.717, 1.165) is 19.7 Å². The van der Waals surface area contributed by atoms with Gasteiger partial charge in [-0.25, -0.2) is 0 Å². The van der Waals surface area contributed by atoms with E-state index in [2.05, 4.69) is 103 Å². The molecule has 0 aliphatic heterocycles. The third kappa shape index (κ3) is 4.95. The summed E-state index contributed by atoms with van der Waals surface area (Å²) in [4.78, 5) is 2.66. The highest BCUT2D eigenvalue weighted by Crippen LogP contribution is 2.52. The maximum absolute atomic E-state index is 6.29. The molecule has 2 nitrogen and oxygen atoms in total. The third-order valence-electron chi connectivity index (χ3n) is 6.22. The lowest BCUT2D eigenvalue weighted by Crippen LogP contribution is -2.42. The lowest BCUT2D eigenvalue weighted by atomic mass is 10.1. The normalized spacial score (nSPS) is 20.7. The van der Waals surface area contributed by atoms with E-state index in [9.17, 15) is 0 Å². The Hall–Kier alpha value is -2.42. The molecule has 4 rings (SSSR count). The molecule has 1 saturated carbocycles. The van der Waals surface area contributed by atoms with Gasteiger partial charge in [-0.15, -0.1) is 0 Å². The van der Waals surface area contributed by atoms with Crippen molar-refractivity contribution < 1.29 is 4.74 Å². The molecule has 0 bridgehead atoms. The number of rotatable bonds is 10. The van der Waals surface area contributed by atoms with Crippen molar-refractivity contribution in [2.45, 2.75) is 45.0 Å². The molecule has 2 heteroatoms. The summed E-state index contributed by atoms with van der Waals surface area (Å²) in [6, 6.07) is 32.2. The minimum Gasteiger partial charge on any atom is -0.375 e. The standard InChI is InChI=1S/C27H31NO/c1-2-26-18-27(26,22-29-21-25-16-10-5-11-17-25)28(19-23-12-6-3-7-13-23)20-24-14-8-4-9-15-24/h3-17,26H,2,18-22H2,1H3. The van der Waals surface area contributed by atoms with Crippen LogP contribution in [-0.4, -0.2) is 17.0 Å². The first-order valence-electron chi connectivity index (χ1n) is 10.7. The van der Waals surface area contributed by atoms with Gasteiger partial charge in [0.1, 0.15) is 0 Å². The van der Waals surface area contributed by atoms with Crippen molar-refractivity contribution in [3.63, 3.8) is 0 Å². The molecule has 0 spiro atoms. The highest BCUT2D eigenvalue weighted by atomic mass is 16.5. The summed E-state index contributed by atoms with van der Waals surface area (Å²) in [5.41, 5.74) is 4.11. The van der Waals surface area contributed by atoms with Crippen molar-refractivity contribution in [3.05, 3.63) is 108 Å². The van der Waals surface area contributed by atoms with E-state index in [1.165, 1.54) is 29.5 Å². The van der Waals surface area contributed by atoms with Gasteiger partial charge in [0.05, 0.1) is 13.2 Å². The smallest absolute Gasteiger partial charge is 0.0717 e. The molecule has 0 saturated heterocycles. The molecule has 0 N–H and O–H groups in total. The summed E-state index contributed by atoms with van der Waals surface area (Å²) >= 11 is 0. The van der Waals surface area contributed by atoms with Crippen LogP contribution in [0.5, 0.6) is 0 Å². The molecule has 0 radical (unpaired) electrons. The quantitative estimate of drug-likeness (QED) is 0.420. The molecule has 0 aromatic heterocycles.